The van der Waals surface area contributed by atoms with Crippen molar-refractivity contribution in [3.63, 3.8) is 0 Å². The number of imidazole rings is 2. The van der Waals surface area contributed by atoms with Crippen molar-refractivity contribution < 1.29 is 9.59 Å². The molecule has 3 heterocycles. The predicted molar refractivity (Wildman–Crippen MR) is 174 cm³/mol. The third-order valence-corrected chi connectivity index (χ3v) is 9.41. The van der Waals surface area contributed by atoms with Crippen LogP contribution in [0.25, 0.3) is 33.3 Å². The second kappa shape index (κ2) is 11.7. The topological polar surface area (TPSA) is 180 Å². The van der Waals surface area contributed by atoms with Crippen molar-refractivity contribution in [3.05, 3.63) is 76.1 Å². The van der Waals surface area contributed by atoms with Gasteiger partial charge < -0.3 is 26.4 Å². The Hall–Kier alpha value is -4.61. The lowest BCUT2D eigenvalue weighted by atomic mass is 9.81. The SMILES string of the molecule is Cc1nc2nc(C3CC3)[nH]c2cc1-c1ccc(C[C@H](N)C(=O)N(c2ccc3[nH]c(=O)[nH]c3c2)C(=O)[C@H]2CC[C@H](CN)CC2)cc1. The number of hydrogen-bond acceptors (Lipinski definition) is 7. The maximum Gasteiger partial charge on any atom is 0.323 e. The molecular weight excluding hydrogens is 568 g/mol. The van der Waals surface area contributed by atoms with Gasteiger partial charge in [-0.05, 0) is 99.7 Å². The molecule has 0 saturated heterocycles. The summed E-state index contributed by atoms with van der Waals surface area (Å²) < 4.78 is 0. The quantitative estimate of drug-likeness (QED) is 0.176. The number of nitrogens with zero attached hydrogens (tertiary/aromatic N) is 3. The lowest BCUT2D eigenvalue weighted by Crippen LogP contribution is -2.50. The number of fused-ring (bicyclic) bond motifs is 2. The Morgan fingerprint density at radius 2 is 1.64 bits per heavy atom. The number of hydrogen-bond donors (Lipinski definition) is 5. The molecule has 0 spiro atoms. The van der Waals surface area contributed by atoms with Crippen molar-refractivity contribution in [2.24, 2.45) is 23.3 Å². The number of rotatable bonds is 8. The highest BCUT2D eigenvalue weighted by atomic mass is 16.2. The van der Waals surface area contributed by atoms with Crippen LogP contribution in [-0.4, -0.2) is 49.3 Å². The molecule has 7 rings (SSSR count). The van der Waals surface area contributed by atoms with Crippen LogP contribution >= 0.6 is 0 Å². The summed E-state index contributed by atoms with van der Waals surface area (Å²) in [5.41, 5.74) is 19.0. The first-order valence-corrected chi connectivity index (χ1v) is 15.8. The Bertz CT molecular complexity index is 1940. The largest absolute Gasteiger partial charge is 0.340 e. The van der Waals surface area contributed by atoms with E-state index in [2.05, 4.69) is 26.0 Å². The van der Waals surface area contributed by atoms with Gasteiger partial charge >= 0.3 is 5.69 Å². The van der Waals surface area contributed by atoms with Gasteiger partial charge in [-0.15, -0.1) is 0 Å². The number of nitrogens with two attached hydrogens (primary N) is 2. The number of aromatic nitrogens is 5. The number of imide groups is 1. The fourth-order valence-corrected chi connectivity index (χ4v) is 6.57. The van der Waals surface area contributed by atoms with E-state index in [4.69, 9.17) is 16.5 Å². The van der Waals surface area contributed by atoms with E-state index in [0.717, 1.165) is 52.2 Å². The predicted octanol–water partition coefficient (Wildman–Crippen LogP) is 4.18. The Morgan fingerprint density at radius 1 is 0.911 bits per heavy atom. The van der Waals surface area contributed by atoms with Gasteiger partial charge in [0.1, 0.15) is 5.82 Å². The normalized spacial score (nSPS) is 19.2. The van der Waals surface area contributed by atoms with E-state index in [9.17, 15) is 14.4 Å². The number of H-pyrrole nitrogens is 3. The standard InChI is InChI=1S/C34H38N8O3/c1-18-25(16-29-31(37-18)41-30(38-29)22-10-11-22)21-6-2-19(3-7-21)14-26(36)33(44)42(32(43)23-8-4-20(17-35)5-9-23)24-12-13-27-28(15-24)40-34(45)39-27/h2-3,6-7,12-13,15-16,20,22-23,26H,4-5,8-11,14,17,35-36H2,1H3,(H,37,38,41)(H2,39,40,45)/t20-,23-,26-/m0/s1. The van der Waals surface area contributed by atoms with Crippen LogP contribution in [0, 0.1) is 18.8 Å². The van der Waals surface area contributed by atoms with Crippen molar-refractivity contribution in [2.45, 2.75) is 63.8 Å². The molecule has 0 radical (unpaired) electrons. The molecule has 11 heteroatoms. The van der Waals surface area contributed by atoms with E-state index < -0.39 is 11.9 Å². The Balaban J connectivity index is 1.12. The number of aryl methyl sites for hydroxylation is 1. The number of carbonyl (C=O) groups is 2. The summed E-state index contributed by atoms with van der Waals surface area (Å²) >= 11 is 0. The minimum absolute atomic E-state index is 0.258. The first kappa shape index (κ1) is 29.1. The average molecular weight is 607 g/mol. The summed E-state index contributed by atoms with van der Waals surface area (Å²) in [6.45, 7) is 2.58. The van der Waals surface area contributed by atoms with E-state index in [1.54, 1.807) is 18.2 Å². The van der Waals surface area contributed by atoms with Crippen LogP contribution in [0.3, 0.4) is 0 Å². The number of carbonyl (C=O) groups excluding carboxylic acids is 2. The first-order valence-electron chi connectivity index (χ1n) is 15.8. The highest BCUT2D eigenvalue weighted by Gasteiger charge is 2.35. The Morgan fingerprint density at radius 3 is 2.36 bits per heavy atom. The molecule has 2 fully saturated rings. The summed E-state index contributed by atoms with van der Waals surface area (Å²) in [5.74, 6) is 0.894. The van der Waals surface area contributed by atoms with Gasteiger partial charge in [0.05, 0.1) is 28.3 Å². The fraction of sp³-hybridized carbons (Fsp3) is 0.382. The lowest BCUT2D eigenvalue weighted by molar-refractivity contribution is -0.130. The van der Waals surface area contributed by atoms with E-state index in [1.807, 2.05) is 31.2 Å². The van der Waals surface area contributed by atoms with E-state index in [1.165, 1.54) is 17.7 Å². The van der Waals surface area contributed by atoms with Gasteiger partial charge in [0, 0.05) is 23.1 Å². The molecule has 0 bridgehead atoms. The molecule has 1 atom stereocenters. The molecule has 3 aromatic heterocycles. The van der Waals surface area contributed by atoms with Crippen LogP contribution in [0.1, 0.15) is 61.5 Å². The van der Waals surface area contributed by atoms with Crippen LogP contribution in [0.2, 0.25) is 0 Å². The van der Waals surface area contributed by atoms with Gasteiger partial charge in [-0.3, -0.25) is 9.59 Å². The van der Waals surface area contributed by atoms with Gasteiger partial charge in [-0.1, -0.05) is 24.3 Å². The number of anilines is 1. The van der Waals surface area contributed by atoms with E-state index >= 15 is 0 Å². The van der Waals surface area contributed by atoms with Gasteiger partial charge in [0.15, 0.2) is 5.65 Å². The Labute approximate surface area is 259 Å². The third-order valence-electron chi connectivity index (χ3n) is 9.41. The molecule has 0 unspecified atom stereocenters. The second-order valence-corrected chi connectivity index (χ2v) is 12.7. The molecule has 5 aromatic rings. The molecule has 2 amide bonds. The van der Waals surface area contributed by atoms with Crippen molar-refractivity contribution >= 4 is 39.7 Å². The molecule has 2 aliphatic carbocycles. The molecule has 0 aliphatic heterocycles. The van der Waals surface area contributed by atoms with Crippen molar-refractivity contribution in [2.75, 3.05) is 11.4 Å². The maximum absolute atomic E-state index is 14.0. The number of aromatic amines is 3. The third kappa shape index (κ3) is 5.81. The molecule has 2 aromatic carbocycles. The highest BCUT2D eigenvalue weighted by molar-refractivity contribution is 6.17. The van der Waals surface area contributed by atoms with Gasteiger partial charge in [-0.2, -0.15) is 0 Å². The second-order valence-electron chi connectivity index (χ2n) is 12.7. The van der Waals surface area contributed by atoms with Crippen molar-refractivity contribution in [1.29, 1.82) is 0 Å². The monoisotopic (exact) mass is 606 g/mol. The highest BCUT2D eigenvalue weighted by Crippen LogP contribution is 2.39. The van der Waals surface area contributed by atoms with Gasteiger partial charge in [0.25, 0.3) is 5.91 Å². The summed E-state index contributed by atoms with van der Waals surface area (Å²) in [7, 11) is 0. The van der Waals surface area contributed by atoms with Crippen LogP contribution in [0.15, 0.2) is 53.3 Å². The molecule has 232 valence electrons. The smallest absolute Gasteiger partial charge is 0.323 e. The zero-order valence-electron chi connectivity index (χ0n) is 25.3. The van der Waals surface area contributed by atoms with Crippen LogP contribution in [0.4, 0.5) is 5.69 Å². The lowest BCUT2D eigenvalue weighted by Gasteiger charge is -2.32. The minimum Gasteiger partial charge on any atom is -0.340 e. The van der Waals surface area contributed by atoms with Crippen molar-refractivity contribution in [3.8, 4) is 11.1 Å². The number of pyridine rings is 1. The Kier molecular flexibility index (Phi) is 7.58. The zero-order chi connectivity index (χ0) is 31.2. The summed E-state index contributed by atoms with van der Waals surface area (Å²) in [5, 5.41) is 0. The summed E-state index contributed by atoms with van der Waals surface area (Å²) in [6, 6.07) is 14.1. The molecule has 2 saturated carbocycles. The first-order chi connectivity index (χ1) is 21.8. The van der Waals surface area contributed by atoms with Gasteiger partial charge in [-0.25, -0.2) is 19.7 Å². The zero-order valence-corrected chi connectivity index (χ0v) is 25.3. The molecule has 2 aliphatic rings. The molecule has 45 heavy (non-hydrogen) atoms. The van der Waals surface area contributed by atoms with E-state index in [0.29, 0.717) is 47.9 Å². The van der Waals surface area contributed by atoms with Crippen LogP contribution in [-0.2, 0) is 16.0 Å². The maximum atomic E-state index is 14.0. The minimum atomic E-state index is -0.952. The average Bonchev–Trinajstić information content (AvgIpc) is 3.71. The van der Waals surface area contributed by atoms with Crippen LogP contribution in [0.5, 0.6) is 0 Å². The number of benzene rings is 2. The summed E-state index contributed by atoms with van der Waals surface area (Å²) in [6.07, 6.45) is 5.64. The molecule has 11 nitrogen and oxygen atoms in total. The van der Waals surface area contributed by atoms with E-state index in [-0.39, 0.29) is 23.9 Å². The molecule has 7 N–H and O–H groups in total. The van der Waals surface area contributed by atoms with Gasteiger partial charge in [0.2, 0.25) is 5.91 Å². The number of nitrogens with one attached hydrogen (secondary N) is 3. The fourth-order valence-electron chi connectivity index (χ4n) is 6.57. The van der Waals surface area contributed by atoms with Crippen molar-refractivity contribution in [1.82, 2.24) is 24.9 Å². The van der Waals surface area contributed by atoms with Crippen LogP contribution < -0.4 is 22.1 Å². The number of amides is 2. The summed E-state index contributed by atoms with van der Waals surface area (Å²) in [4.78, 5) is 59.3. The molecular formula is C34H38N8O3.